The quantitative estimate of drug-likeness (QED) is 0.383. The summed E-state index contributed by atoms with van der Waals surface area (Å²) in [6.45, 7) is 5.51. The second-order valence-corrected chi connectivity index (χ2v) is 7.67. The Kier molecular flexibility index (Phi) is 5.03. The van der Waals surface area contributed by atoms with E-state index in [0.717, 1.165) is 35.4 Å². The monoisotopic (exact) mass is 405 g/mol. The van der Waals surface area contributed by atoms with E-state index in [0.29, 0.717) is 16.9 Å². The van der Waals surface area contributed by atoms with E-state index >= 15 is 0 Å². The smallest absolute Gasteiger partial charge is 0.453 e. The first kappa shape index (κ1) is 19.7. The molecule has 154 valence electrons. The average molecular weight is 405 g/mol. The number of allylic oxidation sites excluding steroid dienone is 1. The molecular formula is C23H25N4O3+. The van der Waals surface area contributed by atoms with Gasteiger partial charge in [-0.2, -0.15) is 0 Å². The molecule has 2 aromatic heterocycles. The predicted octanol–water partition coefficient (Wildman–Crippen LogP) is 3.81. The molecule has 0 radical (unpaired) electrons. The lowest BCUT2D eigenvalue weighted by Gasteiger charge is -2.10. The van der Waals surface area contributed by atoms with Crippen LogP contribution < -0.4 is 5.32 Å². The molecule has 1 aliphatic rings. The molecular weight excluding hydrogens is 380 g/mol. The zero-order valence-electron chi connectivity index (χ0n) is 17.2. The second kappa shape index (κ2) is 7.67. The number of aromatic nitrogens is 2. The third-order valence-electron chi connectivity index (χ3n) is 5.23. The standard InChI is InChI=1S/C23H24N4O3/c1-13(24)10-21(28)30-20-7-5-16-4-6-17(12-19(16)20)26-23(29)18-8-9-27-15(3)11-14(2)25-22(18)27/h4,6,8-12,20,24,28H,5,7H2,1-3H3,(H,26,29)/p+1/b21-10+,24-13?. The number of ether oxygens (including phenoxy) is 1. The molecule has 0 spiro atoms. The van der Waals surface area contributed by atoms with Crippen molar-refractivity contribution in [3.63, 3.8) is 0 Å². The fourth-order valence-electron chi connectivity index (χ4n) is 3.92. The van der Waals surface area contributed by atoms with Gasteiger partial charge in [0.05, 0.1) is 11.6 Å². The number of hydrogen-bond acceptors (Lipinski definition) is 4. The summed E-state index contributed by atoms with van der Waals surface area (Å²) in [5, 5.41) is 18.3. The first-order chi connectivity index (χ1) is 14.3. The number of nitrogens with one attached hydrogen (secondary N) is 2. The van der Waals surface area contributed by atoms with Crippen molar-refractivity contribution in [3.05, 3.63) is 76.6 Å². The highest BCUT2D eigenvalue weighted by atomic mass is 16.6. The molecule has 1 aromatic carbocycles. The second-order valence-electron chi connectivity index (χ2n) is 7.67. The van der Waals surface area contributed by atoms with Crippen LogP contribution in [0.15, 0.2) is 48.5 Å². The largest absolute Gasteiger partial charge is 0.567 e. The third-order valence-corrected chi connectivity index (χ3v) is 5.23. The van der Waals surface area contributed by atoms with Gasteiger partial charge in [-0.1, -0.05) is 6.07 Å². The number of aryl methyl sites for hydroxylation is 3. The van der Waals surface area contributed by atoms with Crippen molar-refractivity contribution in [2.24, 2.45) is 0 Å². The Labute approximate surface area is 174 Å². The third kappa shape index (κ3) is 3.78. The molecule has 0 fully saturated rings. The van der Waals surface area contributed by atoms with Crippen LogP contribution in [0, 0.1) is 19.3 Å². The fourth-order valence-corrected chi connectivity index (χ4v) is 3.92. The molecule has 7 heteroatoms. The van der Waals surface area contributed by atoms with Gasteiger partial charge in [-0.25, -0.2) is 4.98 Å². The topological polar surface area (TPSA) is 102 Å². The van der Waals surface area contributed by atoms with Crippen LogP contribution in [0.3, 0.4) is 0 Å². The van der Waals surface area contributed by atoms with E-state index in [2.05, 4.69) is 10.3 Å². The molecule has 4 N–H and O–H groups in total. The fraction of sp³-hybridized carbons (Fsp3) is 0.261. The van der Waals surface area contributed by atoms with Crippen molar-refractivity contribution < 1.29 is 14.6 Å². The van der Waals surface area contributed by atoms with Crippen molar-refractivity contribution in [2.45, 2.75) is 39.7 Å². The minimum Gasteiger partial charge on any atom is -0.567 e. The van der Waals surface area contributed by atoms with Gasteiger partial charge in [-0.3, -0.25) is 4.79 Å². The highest BCUT2D eigenvalue weighted by Crippen LogP contribution is 2.36. The SMILES string of the molecule is CC(=N)/C=C(\[OH2+])OC1CCc2ccc(NC(=O)c3ccn4c(C)cc(C)nc34)cc21. The normalized spacial score (nSPS) is 15.8. The molecule has 0 saturated heterocycles. The van der Waals surface area contributed by atoms with Crippen molar-refractivity contribution in [3.8, 4) is 0 Å². The maximum Gasteiger partial charge on any atom is 0.453 e. The van der Waals surface area contributed by atoms with Crippen LogP contribution in [0.25, 0.3) is 5.65 Å². The molecule has 4 rings (SSSR count). The van der Waals surface area contributed by atoms with E-state index in [1.807, 2.05) is 48.7 Å². The molecule has 1 aliphatic carbocycles. The first-order valence-electron chi connectivity index (χ1n) is 9.86. The van der Waals surface area contributed by atoms with Crippen molar-refractivity contribution in [1.82, 2.24) is 9.38 Å². The Morgan fingerprint density at radius 1 is 1.33 bits per heavy atom. The number of amides is 1. The number of rotatable bonds is 5. The maximum atomic E-state index is 12.9. The van der Waals surface area contributed by atoms with E-state index in [9.17, 15) is 4.79 Å². The van der Waals surface area contributed by atoms with Crippen molar-refractivity contribution >= 4 is 23.0 Å². The van der Waals surface area contributed by atoms with Crippen LogP contribution >= 0.6 is 0 Å². The Morgan fingerprint density at radius 2 is 2.13 bits per heavy atom. The Hall–Kier alpha value is -3.61. The van der Waals surface area contributed by atoms with E-state index in [-0.39, 0.29) is 23.7 Å². The summed E-state index contributed by atoms with van der Waals surface area (Å²) in [6.07, 6.45) is 4.62. The average Bonchev–Trinajstić information content (AvgIpc) is 3.25. The summed E-state index contributed by atoms with van der Waals surface area (Å²) in [5.74, 6) is -0.238. The molecule has 0 saturated carbocycles. The number of benzene rings is 1. The molecule has 0 aliphatic heterocycles. The molecule has 1 unspecified atom stereocenters. The van der Waals surface area contributed by atoms with Gasteiger partial charge < -0.3 is 25.0 Å². The van der Waals surface area contributed by atoms with Gasteiger partial charge in [-0.05, 0) is 57.0 Å². The summed E-state index contributed by atoms with van der Waals surface area (Å²) < 4.78 is 7.63. The zero-order valence-corrected chi connectivity index (χ0v) is 17.2. The van der Waals surface area contributed by atoms with Gasteiger partial charge in [-0.15, -0.1) is 0 Å². The summed E-state index contributed by atoms with van der Waals surface area (Å²) >= 11 is 0. The molecule has 2 heterocycles. The molecule has 0 bridgehead atoms. The van der Waals surface area contributed by atoms with Crippen LogP contribution in [-0.4, -0.2) is 26.1 Å². The lowest BCUT2D eigenvalue weighted by molar-refractivity contribution is 0.0329. The lowest BCUT2D eigenvalue weighted by Crippen LogP contribution is -2.13. The predicted molar refractivity (Wildman–Crippen MR) is 116 cm³/mol. The number of anilines is 1. The Balaban J connectivity index is 1.57. The van der Waals surface area contributed by atoms with E-state index in [1.54, 1.807) is 13.0 Å². The minimum atomic E-state index is -0.248. The number of carbonyl (C=O) groups excluding carboxylic acids is 1. The van der Waals surface area contributed by atoms with E-state index in [4.69, 9.17) is 15.3 Å². The summed E-state index contributed by atoms with van der Waals surface area (Å²) in [4.78, 5) is 17.5. The van der Waals surface area contributed by atoms with Crippen LogP contribution in [0.1, 0.15) is 52.3 Å². The van der Waals surface area contributed by atoms with Gasteiger partial charge in [0.15, 0.2) is 0 Å². The van der Waals surface area contributed by atoms with Crippen LogP contribution in [0.2, 0.25) is 0 Å². The highest BCUT2D eigenvalue weighted by molar-refractivity contribution is 6.08. The molecule has 7 nitrogen and oxygen atoms in total. The van der Waals surface area contributed by atoms with E-state index in [1.165, 1.54) is 6.08 Å². The van der Waals surface area contributed by atoms with Crippen LogP contribution in [0.4, 0.5) is 5.69 Å². The molecule has 3 aromatic rings. The Morgan fingerprint density at radius 3 is 2.90 bits per heavy atom. The zero-order chi connectivity index (χ0) is 21.4. The van der Waals surface area contributed by atoms with Gasteiger partial charge in [0.25, 0.3) is 5.91 Å². The van der Waals surface area contributed by atoms with Crippen LogP contribution in [-0.2, 0) is 11.2 Å². The number of nitrogens with zero attached hydrogens (tertiary/aromatic N) is 2. The van der Waals surface area contributed by atoms with E-state index < -0.39 is 0 Å². The summed E-state index contributed by atoms with van der Waals surface area (Å²) in [7, 11) is 0. The van der Waals surface area contributed by atoms with Crippen molar-refractivity contribution in [1.29, 1.82) is 5.41 Å². The van der Waals surface area contributed by atoms with Gasteiger partial charge in [0.1, 0.15) is 5.65 Å². The molecule has 30 heavy (non-hydrogen) atoms. The van der Waals surface area contributed by atoms with Crippen molar-refractivity contribution in [2.75, 3.05) is 5.32 Å². The molecule has 1 amide bonds. The lowest BCUT2D eigenvalue weighted by atomic mass is 10.1. The highest BCUT2D eigenvalue weighted by Gasteiger charge is 2.30. The summed E-state index contributed by atoms with van der Waals surface area (Å²) in [5.41, 5.74) is 6.12. The number of carbonyl (C=O) groups is 1. The van der Waals surface area contributed by atoms with Gasteiger partial charge in [0.2, 0.25) is 6.10 Å². The number of hydrogen-bond donors (Lipinski definition) is 2. The van der Waals surface area contributed by atoms with Gasteiger partial charge in [0, 0.05) is 41.0 Å². The molecule has 1 atom stereocenters. The number of fused-ring (bicyclic) bond motifs is 2. The summed E-state index contributed by atoms with van der Waals surface area (Å²) in [6, 6.07) is 9.55. The van der Waals surface area contributed by atoms with Crippen LogP contribution in [0.5, 0.6) is 0 Å². The van der Waals surface area contributed by atoms with Gasteiger partial charge >= 0.3 is 5.95 Å². The minimum absolute atomic E-state index is 0.0214. The maximum absolute atomic E-state index is 12.9. The Bertz CT molecular complexity index is 1190. The first-order valence-corrected chi connectivity index (χ1v) is 9.86.